The molecule has 0 amide bonds. The average Bonchev–Trinajstić information content (AvgIpc) is 3.08. The normalized spacial score (nSPS) is 21.2. The number of Topliss-reactive ketones (excluding diaryl/α,β-unsaturated/α-hetero) is 1. The van der Waals surface area contributed by atoms with Crippen molar-refractivity contribution < 1.29 is 14.3 Å². The van der Waals surface area contributed by atoms with Crippen LogP contribution in [0.5, 0.6) is 5.75 Å². The summed E-state index contributed by atoms with van der Waals surface area (Å²) in [6.45, 7) is 1.63. The predicted molar refractivity (Wildman–Crippen MR) is 72.8 cm³/mol. The van der Waals surface area contributed by atoms with Crippen LogP contribution in [0.25, 0.3) is 0 Å². The van der Waals surface area contributed by atoms with Crippen molar-refractivity contribution in [1.82, 2.24) is 0 Å². The molecule has 1 saturated heterocycles. The summed E-state index contributed by atoms with van der Waals surface area (Å²) in [5, 5.41) is 0. The smallest absolute Gasteiger partial charge is 0.162 e. The number of rotatable bonds is 5. The monoisotopic (exact) mass is 260 g/mol. The number of carbonyl (C=O) groups excluding carboxylic acids is 1. The van der Waals surface area contributed by atoms with Crippen LogP contribution in [0.3, 0.4) is 0 Å². The van der Waals surface area contributed by atoms with E-state index in [9.17, 15) is 4.79 Å². The van der Waals surface area contributed by atoms with Gasteiger partial charge in [-0.3, -0.25) is 4.79 Å². The number of ketones is 1. The lowest BCUT2D eigenvalue weighted by molar-refractivity contribution is 0.0922. The maximum atomic E-state index is 12.1. The molecule has 1 fully saturated rings. The minimum Gasteiger partial charge on any atom is -0.493 e. The lowest BCUT2D eigenvalue weighted by atomic mass is 10.0. The summed E-state index contributed by atoms with van der Waals surface area (Å²) >= 11 is 0. The van der Waals surface area contributed by atoms with Gasteiger partial charge in [0.05, 0.1) is 12.7 Å². The Morgan fingerprint density at radius 3 is 3.11 bits per heavy atom. The first-order valence-corrected chi connectivity index (χ1v) is 7.23. The van der Waals surface area contributed by atoms with Gasteiger partial charge in [-0.25, -0.2) is 0 Å². The summed E-state index contributed by atoms with van der Waals surface area (Å²) in [6, 6.07) is 5.81. The Bertz CT molecular complexity index is 461. The molecule has 0 aromatic heterocycles. The van der Waals surface area contributed by atoms with Crippen molar-refractivity contribution in [1.29, 1.82) is 0 Å². The molecule has 3 heteroatoms. The van der Waals surface area contributed by atoms with E-state index in [0.717, 1.165) is 50.2 Å². The SMILES string of the molecule is O=C(CCCC1CCCO1)c1ccc2c(c1)CCO2. The highest BCUT2D eigenvalue weighted by Gasteiger charge is 2.17. The van der Waals surface area contributed by atoms with Gasteiger partial charge in [-0.2, -0.15) is 0 Å². The fourth-order valence-electron chi connectivity index (χ4n) is 2.87. The van der Waals surface area contributed by atoms with Crippen molar-refractivity contribution in [3.63, 3.8) is 0 Å². The number of hydrogen-bond acceptors (Lipinski definition) is 3. The van der Waals surface area contributed by atoms with Crippen molar-refractivity contribution in [2.24, 2.45) is 0 Å². The molecule has 0 radical (unpaired) electrons. The van der Waals surface area contributed by atoms with Crippen molar-refractivity contribution in [2.45, 2.75) is 44.6 Å². The number of ether oxygens (including phenoxy) is 2. The zero-order valence-electron chi connectivity index (χ0n) is 11.2. The highest BCUT2D eigenvalue weighted by atomic mass is 16.5. The standard InChI is InChI=1S/C16H20O3/c17-15(5-1-3-14-4-2-9-18-14)12-6-7-16-13(11-12)8-10-19-16/h6-7,11,14H,1-5,8-10H2. The number of hydrogen-bond donors (Lipinski definition) is 0. The van der Waals surface area contributed by atoms with Crippen LogP contribution in [0.15, 0.2) is 18.2 Å². The quantitative estimate of drug-likeness (QED) is 0.763. The molecule has 19 heavy (non-hydrogen) atoms. The number of carbonyl (C=O) groups is 1. The van der Waals surface area contributed by atoms with Gasteiger partial charge in [0.25, 0.3) is 0 Å². The second kappa shape index (κ2) is 5.74. The highest BCUT2D eigenvalue weighted by molar-refractivity contribution is 5.96. The third-order valence-corrected chi connectivity index (χ3v) is 3.97. The van der Waals surface area contributed by atoms with Gasteiger partial charge < -0.3 is 9.47 Å². The van der Waals surface area contributed by atoms with E-state index in [2.05, 4.69) is 0 Å². The molecule has 0 bridgehead atoms. The first-order chi connectivity index (χ1) is 9.33. The summed E-state index contributed by atoms with van der Waals surface area (Å²) in [6.07, 6.45) is 6.21. The average molecular weight is 260 g/mol. The highest BCUT2D eigenvalue weighted by Crippen LogP contribution is 2.26. The van der Waals surface area contributed by atoms with Gasteiger partial charge in [0, 0.05) is 25.0 Å². The molecule has 2 heterocycles. The Hall–Kier alpha value is -1.35. The molecule has 3 rings (SSSR count). The van der Waals surface area contributed by atoms with Gasteiger partial charge >= 0.3 is 0 Å². The van der Waals surface area contributed by atoms with E-state index in [1.54, 1.807) is 0 Å². The molecule has 0 aliphatic carbocycles. The van der Waals surface area contributed by atoms with Gasteiger partial charge in [-0.05, 0) is 49.4 Å². The molecule has 3 nitrogen and oxygen atoms in total. The van der Waals surface area contributed by atoms with Gasteiger partial charge in [-0.1, -0.05) is 0 Å². The van der Waals surface area contributed by atoms with Crippen molar-refractivity contribution in [3.05, 3.63) is 29.3 Å². The van der Waals surface area contributed by atoms with E-state index in [4.69, 9.17) is 9.47 Å². The summed E-state index contributed by atoms with van der Waals surface area (Å²) < 4.78 is 11.0. The van der Waals surface area contributed by atoms with Gasteiger partial charge in [0.15, 0.2) is 5.78 Å². The Balaban J connectivity index is 1.52. The fraction of sp³-hybridized carbons (Fsp3) is 0.562. The lowest BCUT2D eigenvalue weighted by Gasteiger charge is -2.08. The van der Waals surface area contributed by atoms with E-state index >= 15 is 0 Å². The van der Waals surface area contributed by atoms with Crippen LogP contribution in [0.2, 0.25) is 0 Å². The maximum absolute atomic E-state index is 12.1. The largest absolute Gasteiger partial charge is 0.493 e. The second-order valence-corrected chi connectivity index (χ2v) is 5.37. The first-order valence-electron chi connectivity index (χ1n) is 7.23. The van der Waals surface area contributed by atoms with E-state index in [-0.39, 0.29) is 5.78 Å². The number of benzene rings is 1. The molecular weight excluding hydrogens is 240 g/mol. The molecule has 102 valence electrons. The Morgan fingerprint density at radius 1 is 1.32 bits per heavy atom. The third-order valence-electron chi connectivity index (χ3n) is 3.97. The zero-order chi connectivity index (χ0) is 13.1. The van der Waals surface area contributed by atoms with Crippen molar-refractivity contribution in [2.75, 3.05) is 13.2 Å². The third kappa shape index (κ3) is 2.98. The van der Waals surface area contributed by atoms with E-state index in [1.807, 2.05) is 18.2 Å². The first kappa shape index (κ1) is 12.7. The maximum Gasteiger partial charge on any atom is 0.162 e. The van der Waals surface area contributed by atoms with Crippen LogP contribution in [-0.4, -0.2) is 25.1 Å². The summed E-state index contributed by atoms with van der Waals surface area (Å²) in [4.78, 5) is 12.1. The van der Waals surface area contributed by atoms with Crippen LogP contribution in [0.4, 0.5) is 0 Å². The minimum atomic E-state index is 0.243. The number of fused-ring (bicyclic) bond motifs is 1. The van der Waals surface area contributed by atoms with Crippen molar-refractivity contribution >= 4 is 5.78 Å². The minimum absolute atomic E-state index is 0.243. The molecule has 1 atom stereocenters. The molecule has 2 aliphatic heterocycles. The lowest BCUT2D eigenvalue weighted by Crippen LogP contribution is -2.06. The van der Waals surface area contributed by atoms with Crippen LogP contribution in [-0.2, 0) is 11.2 Å². The second-order valence-electron chi connectivity index (χ2n) is 5.37. The van der Waals surface area contributed by atoms with E-state index in [0.29, 0.717) is 12.5 Å². The molecule has 0 N–H and O–H groups in total. The molecule has 1 aromatic rings. The molecule has 1 unspecified atom stereocenters. The molecule has 1 aromatic carbocycles. The van der Waals surface area contributed by atoms with Gasteiger partial charge in [0.1, 0.15) is 5.75 Å². The van der Waals surface area contributed by atoms with Crippen molar-refractivity contribution in [3.8, 4) is 5.75 Å². The zero-order valence-corrected chi connectivity index (χ0v) is 11.2. The van der Waals surface area contributed by atoms with Gasteiger partial charge in [-0.15, -0.1) is 0 Å². The van der Waals surface area contributed by atoms with E-state index < -0.39 is 0 Å². The molecule has 0 spiro atoms. The van der Waals surface area contributed by atoms with Crippen LogP contribution in [0, 0.1) is 0 Å². The van der Waals surface area contributed by atoms with E-state index in [1.165, 1.54) is 12.0 Å². The fourth-order valence-corrected chi connectivity index (χ4v) is 2.87. The van der Waals surface area contributed by atoms with Crippen LogP contribution >= 0.6 is 0 Å². The Kier molecular flexibility index (Phi) is 3.83. The Labute approximate surface area is 113 Å². The molecule has 2 aliphatic rings. The topological polar surface area (TPSA) is 35.5 Å². The summed E-state index contributed by atoms with van der Waals surface area (Å²) in [7, 11) is 0. The van der Waals surface area contributed by atoms with Crippen LogP contribution < -0.4 is 4.74 Å². The predicted octanol–water partition coefficient (Wildman–Crippen LogP) is 3.15. The van der Waals surface area contributed by atoms with Crippen LogP contribution in [0.1, 0.15) is 48.0 Å². The molecule has 0 saturated carbocycles. The Morgan fingerprint density at radius 2 is 2.26 bits per heavy atom. The summed E-state index contributed by atoms with van der Waals surface area (Å²) in [5.41, 5.74) is 2.00. The van der Waals surface area contributed by atoms with Gasteiger partial charge in [0.2, 0.25) is 0 Å². The summed E-state index contributed by atoms with van der Waals surface area (Å²) in [5.74, 6) is 1.18. The molecular formula is C16H20O3.